The summed E-state index contributed by atoms with van der Waals surface area (Å²) >= 11 is 13.9. The molecule has 94 valence electrons. The van der Waals surface area contributed by atoms with E-state index in [1.807, 2.05) is 13.8 Å². The Kier molecular flexibility index (Phi) is 5.63. The summed E-state index contributed by atoms with van der Waals surface area (Å²) in [6, 6.07) is 0. The van der Waals surface area contributed by atoms with Crippen LogP contribution in [-0.4, -0.2) is 10.9 Å². The van der Waals surface area contributed by atoms with Gasteiger partial charge in [0, 0.05) is 0 Å². The molecule has 0 amide bonds. The molecule has 16 heavy (non-hydrogen) atoms. The summed E-state index contributed by atoms with van der Waals surface area (Å²) in [4.78, 5) is 8.98. The normalized spacial score (nSPS) is 23.2. The number of alkyl halides is 3. The van der Waals surface area contributed by atoms with E-state index in [0.717, 1.165) is 12.5 Å². The van der Waals surface area contributed by atoms with Gasteiger partial charge < -0.3 is 0 Å². The van der Waals surface area contributed by atoms with E-state index in [9.17, 15) is 13.2 Å². The minimum atomic E-state index is -4.37. The van der Waals surface area contributed by atoms with Gasteiger partial charge in [-0.2, -0.15) is 13.2 Å². The Balaban J connectivity index is 0.000000487. The lowest BCUT2D eigenvalue weighted by Gasteiger charge is -2.04. The van der Waals surface area contributed by atoms with Gasteiger partial charge in [0.15, 0.2) is 0 Å². The first-order valence-corrected chi connectivity index (χ1v) is 5.39. The topological polar surface area (TPSA) is 17.1 Å². The van der Waals surface area contributed by atoms with E-state index in [-0.39, 0.29) is 11.3 Å². The molecule has 0 aromatic carbocycles. The lowest BCUT2D eigenvalue weighted by atomic mass is 10.1. The Morgan fingerprint density at radius 2 is 1.62 bits per heavy atom. The maximum atomic E-state index is 11.9. The quantitative estimate of drug-likeness (QED) is 0.600. The Hall–Kier alpha value is 0.0700. The number of hydrogen-bond donors (Lipinski definition) is 0. The highest BCUT2D eigenvalue weighted by Crippen LogP contribution is 2.53. The molecule has 0 aliphatic heterocycles. The van der Waals surface area contributed by atoms with Crippen molar-refractivity contribution < 1.29 is 18.0 Å². The van der Waals surface area contributed by atoms with Crippen molar-refractivity contribution in [3.05, 3.63) is 11.1 Å². The minimum absolute atomic E-state index is 0.00535. The first-order chi connectivity index (χ1) is 6.97. The van der Waals surface area contributed by atoms with Crippen molar-refractivity contribution in [2.45, 2.75) is 26.4 Å². The summed E-state index contributed by atoms with van der Waals surface area (Å²) in [5.41, 5.74) is 0.00535. The smallest absolute Gasteiger partial charge is 0.262 e. The zero-order chi connectivity index (χ0) is 13.1. The molecule has 1 aliphatic rings. The minimum Gasteiger partial charge on any atom is -0.262 e. The van der Waals surface area contributed by atoms with Crippen LogP contribution in [0.4, 0.5) is 18.0 Å². The zero-order valence-electron chi connectivity index (χ0n) is 8.54. The second kappa shape index (κ2) is 5.61. The molecule has 0 aromatic rings. The Morgan fingerprint density at radius 1 is 1.31 bits per heavy atom. The number of halogens is 6. The largest absolute Gasteiger partial charge is 0.426 e. The van der Waals surface area contributed by atoms with Crippen molar-refractivity contribution in [3.8, 4) is 0 Å². The van der Waals surface area contributed by atoms with Crippen LogP contribution < -0.4 is 0 Å². The molecule has 7 heteroatoms. The molecular formula is C9H10Cl3F3O. The van der Waals surface area contributed by atoms with E-state index in [1.54, 1.807) is 0 Å². The molecule has 1 rings (SSSR count). The average Bonchev–Trinajstić information content (AvgIpc) is 2.54. The highest BCUT2D eigenvalue weighted by molar-refractivity contribution is 6.93. The zero-order valence-corrected chi connectivity index (χ0v) is 10.8. The predicted molar refractivity (Wildman–Crippen MR) is 59.0 cm³/mol. The third-order valence-electron chi connectivity index (χ3n) is 2.21. The molecule has 1 aliphatic carbocycles. The van der Waals surface area contributed by atoms with Crippen LogP contribution in [0.5, 0.6) is 0 Å². The first-order valence-electron chi connectivity index (χ1n) is 4.26. The van der Waals surface area contributed by atoms with E-state index < -0.39 is 15.9 Å². The summed E-state index contributed by atoms with van der Waals surface area (Å²) in [7, 11) is 0. The molecule has 1 unspecified atom stereocenters. The van der Waals surface area contributed by atoms with Crippen molar-refractivity contribution >= 4 is 39.5 Å². The Morgan fingerprint density at radius 3 is 1.81 bits per heavy atom. The SMILES string of the molecule is CC1(C)CC1C=C(Cl)C(F)(F)F.O=C(Cl)Cl. The lowest BCUT2D eigenvalue weighted by molar-refractivity contribution is -0.0848. The molecule has 1 fully saturated rings. The van der Waals surface area contributed by atoms with Gasteiger partial charge in [0.2, 0.25) is 0 Å². The van der Waals surface area contributed by atoms with Crippen LogP contribution in [0, 0.1) is 11.3 Å². The van der Waals surface area contributed by atoms with Crippen LogP contribution in [0.3, 0.4) is 0 Å². The predicted octanol–water partition coefficient (Wildman–Crippen LogP) is 5.30. The number of rotatable bonds is 1. The summed E-state index contributed by atoms with van der Waals surface area (Å²) in [6.45, 7) is 3.85. The van der Waals surface area contributed by atoms with Crippen molar-refractivity contribution in [1.29, 1.82) is 0 Å². The van der Waals surface area contributed by atoms with E-state index in [0.29, 0.717) is 0 Å². The molecule has 0 heterocycles. The summed E-state index contributed by atoms with van der Waals surface area (Å²) in [6.07, 6.45) is -2.47. The fourth-order valence-electron chi connectivity index (χ4n) is 1.06. The van der Waals surface area contributed by atoms with Crippen LogP contribution in [-0.2, 0) is 0 Å². The second-order valence-electron chi connectivity index (χ2n) is 4.04. The van der Waals surface area contributed by atoms with Gasteiger partial charge in [-0.15, -0.1) is 0 Å². The lowest BCUT2D eigenvalue weighted by Crippen LogP contribution is -2.07. The van der Waals surface area contributed by atoms with Crippen molar-refractivity contribution in [1.82, 2.24) is 0 Å². The Labute approximate surface area is 107 Å². The molecular weight excluding hydrogens is 287 g/mol. The van der Waals surface area contributed by atoms with Gasteiger partial charge in [-0.3, -0.25) is 4.79 Å². The van der Waals surface area contributed by atoms with E-state index in [2.05, 4.69) is 23.2 Å². The third kappa shape index (κ3) is 6.61. The molecule has 1 saturated carbocycles. The van der Waals surface area contributed by atoms with Gasteiger partial charge in [0.05, 0.1) is 0 Å². The van der Waals surface area contributed by atoms with Crippen molar-refractivity contribution in [3.63, 3.8) is 0 Å². The first kappa shape index (κ1) is 16.1. The van der Waals surface area contributed by atoms with Gasteiger partial charge in [0.1, 0.15) is 5.03 Å². The molecule has 0 aromatic heterocycles. The van der Waals surface area contributed by atoms with E-state index >= 15 is 0 Å². The summed E-state index contributed by atoms with van der Waals surface area (Å²) in [5, 5.41) is -0.988. The molecule has 0 bridgehead atoms. The van der Waals surface area contributed by atoms with Crippen LogP contribution >= 0.6 is 34.8 Å². The van der Waals surface area contributed by atoms with Crippen LogP contribution in [0.1, 0.15) is 20.3 Å². The molecule has 1 atom stereocenters. The molecule has 1 nitrogen and oxygen atoms in total. The van der Waals surface area contributed by atoms with Crippen LogP contribution in [0.2, 0.25) is 0 Å². The van der Waals surface area contributed by atoms with Gasteiger partial charge in [-0.05, 0) is 41.0 Å². The van der Waals surface area contributed by atoms with Gasteiger partial charge in [-0.25, -0.2) is 0 Å². The number of carbonyl (C=O) groups is 1. The summed E-state index contributed by atoms with van der Waals surface area (Å²) < 4.78 is 34.8. The maximum Gasteiger partial charge on any atom is 0.426 e. The van der Waals surface area contributed by atoms with Crippen LogP contribution in [0.15, 0.2) is 11.1 Å². The second-order valence-corrected chi connectivity index (χ2v) is 5.32. The summed E-state index contributed by atoms with van der Waals surface area (Å²) in [5.74, 6) is -0.00775. The highest BCUT2D eigenvalue weighted by Gasteiger charge is 2.46. The fourth-order valence-corrected chi connectivity index (χ4v) is 1.22. The monoisotopic (exact) mass is 296 g/mol. The van der Waals surface area contributed by atoms with E-state index in [4.69, 9.17) is 16.4 Å². The standard InChI is InChI=1S/C8H10ClF3.CCl2O/c1-7(2)4-5(7)3-6(9)8(10,11)12;2-1(3)4/h3,5H,4H2,1-2H3;. The van der Waals surface area contributed by atoms with E-state index in [1.165, 1.54) is 0 Å². The van der Waals surface area contributed by atoms with Gasteiger partial charge in [-0.1, -0.05) is 31.5 Å². The number of carbonyl (C=O) groups excluding carboxylic acids is 1. The van der Waals surface area contributed by atoms with Crippen LogP contribution in [0.25, 0.3) is 0 Å². The maximum absolute atomic E-state index is 11.9. The molecule has 0 spiro atoms. The molecule has 0 saturated heterocycles. The fraction of sp³-hybridized carbons (Fsp3) is 0.667. The number of hydrogen-bond acceptors (Lipinski definition) is 1. The van der Waals surface area contributed by atoms with Crippen molar-refractivity contribution in [2.24, 2.45) is 11.3 Å². The highest BCUT2D eigenvalue weighted by atomic mass is 35.5. The average molecular weight is 298 g/mol. The van der Waals surface area contributed by atoms with Crippen molar-refractivity contribution in [2.75, 3.05) is 0 Å². The van der Waals surface area contributed by atoms with Gasteiger partial charge >= 0.3 is 10.9 Å². The van der Waals surface area contributed by atoms with Gasteiger partial charge in [0.25, 0.3) is 0 Å². The Bertz CT molecular complexity index is 293. The molecule has 0 N–H and O–H groups in total. The number of allylic oxidation sites excluding steroid dienone is 2. The molecule has 0 radical (unpaired) electrons. The third-order valence-corrected chi connectivity index (χ3v) is 2.55.